The highest BCUT2D eigenvalue weighted by Gasteiger charge is 2.23. The molecular formula is C6H12NO2PS2. The second-order valence-corrected chi connectivity index (χ2v) is 6.98. The van der Waals surface area contributed by atoms with Crippen molar-refractivity contribution in [3.8, 4) is 0 Å². The fourth-order valence-electron chi connectivity index (χ4n) is 0.562. The molecule has 1 atom stereocenters. The molecule has 0 heterocycles. The van der Waals surface area contributed by atoms with Crippen LogP contribution in [0, 0.1) is 0 Å². The molecule has 0 aromatic rings. The molecule has 0 radical (unpaired) electrons. The molecule has 1 unspecified atom stereocenters. The smallest absolute Gasteiger partial charge is 0.304 e. The summed E-state index contributed by atoms with van der Waals surface area (Å²) >= 11 is 5.57. The molecule has 0 bridgehead atoms. The van der Waals surface area contributed by atoms with Crippen molar-refractivity contribution in [2.75, 3.05) is 6.61 Å². The Hall–Kier alpha value is 0.340. The molecule has 0 spiro atoms. The number of rotatable bonds is 5. The zero-order valence-corrected chi connectivity index (χ0v) is 9.84. The Morgan fingerprint density at radius 3 is 2.67 bits per heavy atom. The molecule has 0 rings (SSSR count). The van der Waals surface area contributed by atoms with Crippen LogP contribution in [0.5, 0.6) is 0 Å². The van der Waals surface area contributed by atoms with Gasteiger partial charge in [-0.05, 0) is 30.5 Å². The van der Waals surface area contributed by atoms with Crippen LogP contribution in [0.1, 0.15) is 20.8 Å². The fourth-order valence-corrected chi connectivity index (χ4v) is 4.53. The average molecular weight is 225 g/mol. The first-order chi connectivity index (χ1) is 5.54. The van der Waals surface area contributed by atoms with E-state index in [2.05, 4.69) is 22.1 Å². The van der Waals surface area contributed by atoms with E-state index in [0.29, 0.717) is 6.61 Å². The first kappa shape index (κ1) is 12.3. The summed E-state index contributed by atoms with van der Waals surface area (Å²) in [4.78, 5) is 0. The first-order valence-electron chi connectivity index (χ1n) is 3.56. The SMILES string of the molecule is CCOP(=O)(N=C=S)SC(C)C. The second-order valence-electron chi connectivity index (χ2n) is 2.23. The largest absolute Gasteiger partial charge is 0.380 e. The zero-order valence-electron chi connectivity index (χ0n) is 7.31. The molecule has 0 aliphatic carbocycles. The maximum Gasteiger partial charge on any atom is 0.380 e. The van der Waals surface area contributed by atoms with E-state index < -0.39 is 6.72 Å². The molecule has 0 aromatic heterocycles. The Labute approximate surface area is 82.2 Å². The molecule has 0 fully saturated rings. The molecule has 0 aliphatic rings. The summed E-state index contributed by atoms with van der Waals surface area (Å²) < 4.78 is 20.2. The van der Waals surface area contributed by atoms with Crippen LogP contribution < -0.4 is 0 Å². The van der Waals surface area contributed by atoms with Gasteiger partial charge in [0.2, 0.25) is 0 Å². The minimum atomic E-state index is -2.95. The Morgan fingerprint density at radius 2 is 2.33 bits per heavy atom. The predicted octanol–water partition coefficient (Wildman–Crippen LogP) is 3.38. The second kappa shape index (κ2) is 5.90. The summed E-state index contributed by atoms with van der Waals surface area (Å²) in [5.74, 6) is 0. The highest BCUT2D eigenvalue weighted by molar-refractivity contribution is 8.56. The summed E-state index contributed by atoms with van der Waals surface area (Å²) in [5, 5.41) is 2.30. The summed E-state index contributed by atoms with van der Waals surface area (Å²) in [6.45, 7) is 3.05. The Morgan fingerprint density at radius 1 is 1.75 bits per heavy atom. The molecule has 12 heavy (non-hydrogen) atoms. The summed E-state index contributed by atoms with van der Waals surface area (Å²) in [6, 6.07) is 0. The highest BCUT2D eigenvalue weighted by Crippen LogP contribution is 2.62. The zero-order chi connectivity index (χ0) is 9.61. The van der Waals surface area contributed by atoms with Gasteiger partial charge >= 0.3 is 6.72 Å². The van der Waals surface area contributed by atoms with Crippen molar-refractivity contribution in [1.82, 2.24) is 0 Å². The van der Waals surface area contributed by atoms with Crippen molar-refractivity contribution >= 4 is 35.5 Å². The molecule has 70 valence electrons. The molecule has 0 N–H and O–H groups in total. The van der Waals surface area contributed by atoms with Gasteiger partial charge in [-0.2, -0.15) is 0 Å². The van der Waals surface area contributed by atoms with Crippen molar-refractivity contribution in [3.05, 3.63) is 0 Å². The number of nitrogens with zero attached hydrogens (tertiary/aromatic N) is 1. The van der Waals surface area contributed by atoms with Crippen LogP contribution in [0.3, 0.4) is 0 Å². The molecular weight excluding hydrogens is 213 g/mol. The van der Waals surface area contributed by atoms with E-state index in [0.717, 1.165) is 0 Å². The van der Waals surface area contributed by atoms with E-state index in [9.17, 15) is 4.57 Å². The van der Waals surface area contributed by atoms with Gasteiger partial charge in [0, 0.05) is 5.25 Å². The van der Waals surface area contributed by atoms with Crippen LogP contribution in [0.15, 0.2) is 4.76 Å². The Bertz CT molecular complexity index is 226. The highest BCUT2D eigenvalue weighted by atomic mass is 32.7. The van der Waals surface area contributed by atoms with Gasteiger partial charge in [0.25, 0.3) is 0 Å². The molecule has 0 aliphatic heterocycles. The van der Waals surface area contributed by atoms with E-state index in [1.54, 1.807) is 6.92 Å². The van der Waals surface area contributed by atoms with Gasteiger partial charge in [-0.15, -0.1) is 4.76 Å². The van der Waals surface area contributed by atoms with Crippen molar-refractivity contribution in [3.63, 3.8) is 0 Å². The van der Waals surface area contributed by atoms with Crippen LogP contribution in [-0.4, -0.2) is 17.0 Å². The van der Waals surface area contributed by atoms with Crippen molar-refractivity contribution in [2.24, 2.45) is 4.76 Å². The van der Waals surface area contributed by atoms with Crippen molar-refractivity contribution in [2.45, 2.75) is 26.0 Å². The molecule has 3 nitrogen and oxygen atoms in total. The van der Waals surface area contributed by atoms with Gasteiger partial charge < -0.3 is 4.52 Å². The first-order valence-corrected chi connectivity index (χ1v) is 7.03. The lowest BCUT2D eigenvalue weighted by Crippen LogP contribution is -1.89. The van der Waals surface area contributed by atoms with Gasteiger partial charge in [-0.25, -0.2) is 0 Å². The number of hydrogen-bond donors (Lipinski definition) is 0. The van der Waals surface area contributed by atoms with Crippen molar-refractivity contribution < 1.29 is 9.09 Å². The van der Waals surface area contributed by atoms with Gasteiger partial charge in [0.15, 0.2) is 0 Å². The van der Waals surface area contributed by atoms with E-state index in [-0.39, 0.29) is 5.25 Å². The van der Waals surface area contributed by atoms with E-state index in [1.807, 2.05) is 13.8 Å². The normalized spacial score (nSPS) is 15.3. The van der Waals surface area contributed by atoms with Gasteiger partial charge in [0.05, 0.1) is 11.8 Å². The minimum Gasteiger partial charge on any atom is -0.304 e. The van der Waals surface area contributed by atoms with Crippen LogP contribution in [0.25, 0.3) is 0 Å². The topological polar surface area (TPSA) is 38.7 Å². The molecule has 0 aromatic carbocycles. The van der Waals surface area contributed by atoms with Gasteiger partial charge in [-0.3, -0.25) is 4.57 Å². The number of isothiocyanates is 1. The van der Waals surface area contributed by atoms with E-state index >= 15 is 0 Å². The molecule has 0 saturated carbocycles. The van der Waals surface area contributed by atoms with Crippen LogP contribution in [0.2, 0.25) is 0 Å². The van der Waals surface area contributed by atoms with E-state index in [1.165, 1.54) is 11.4 Å². The maximum absolute atomic E-state index is 11.7. The lowest BCUT2D eigenvalue weighted by atomic mass is 10.6. The summed E-state index contributed by atoms with van der Waals surface area (Å²) in [7, 11) is 0. The molecule has 0 saturated heterocycles. The van der Waals surface area contributed by atoms with Crippen molar-refractivity contribution in [1.29, 1.82) is 0 Å². The third kappa shape index (κ3) is 5.07. The quantitative estimate of drug-likeness (QED) is 0.408. The third-order valence-electron chi connectivity index (χ3n) is 0.800. The number of thiocarbonyl (C=S) groups is 1. The van der Waals surface area contributed by atoms with E-state index in [4.69, 9.17) is 4.52 Å². The minimum absolute atomic E-state index is 0.203. The van der Waals surface area contributed by atoms with Gasteiger partial charge in [-0.1, -0.05) is 13.8 Å². The van der Waals surface area contributed by atoms with Crippen LogP contribution >= 0.6 is 30.3 Å². The number of hydrogen-bond acceptors (Lipinski definition) is 4. The Kier molecular flexibility index (Phi) is 6.06. The summed E-state index contributed by atoms with van der Waals surface area (Å²) in [5.41, 5.74) is 0. The maximum atomic E-state index is 11.7. The molecule has 6 heteroatoms. The standard InChI is InChI=1S/C6H12NO2PS2/c1-4-9-10(8,7-5-11)12-6(2)3/h6H,4H2,1-3H3. The predicted molar refractivity (Wildman–Crippen MR) is 57.0 cm³/mol. The lowest BCUT2D eigenvalue weighted by molar-refractivity contribution is 0.347. The van der Waals surface area contributed by atoms with Gasteiger partial charge in [0.1, 0.15) is 0 Å². The average Bonchev–Trinajstić information content (AvgIpc) is 1.85. The van der Waals surface area contributed by atoms with Crippen LogP contribution in [0.4, 0.5) is 0 Å². The third-order valence-corrected chi connectivity index (χ3v) is 5.27. The lowest BCUT2D eigenvalue weighted by Gasteiger charge is -2.11. The van der Waals surface area contributed by atoms with Crippen LogP contribution in [-0.2, 0) is 9.09 Å². The summed E-state index contributed by atoms with van der Waals surface area (Å²) in [6.07, 6.45) is 0. The fraction of sp³-hybridized carbons (Fsp3) is 0.833. The Balaban J connectivity index is 4.39. The monoisotopic (exact) mass is 225 g/mol. The molecule has 0 amide bonds.